The number of aromatic carboxylic acids is 1. The van der Waals surface area contributed by atoms with Gasteiger partial charge in [-0.25, -0.2) is 4.79 Å². The van der Waals surface area contributed by atoms with E-state index in [-0.39, 0.29) is 5.56 Å². The molecule has 0 radical (unpaired) electrons. The number of carboxylic acids is 1. The lowest BCUT2D eigenvalue weighted by atomic mass is 10.2. The van der Waals surface area contributed by atoms with Crippen molar-refractivity contribution in [3.05, 3.63) is 29.8 Å². The molecule has 0 aliphatic carbocycles. The minimum absolute atomic E-state index is 0.118. The maximum absolute atomic E-state index is 12.5. The molecular weight excluding hydrogens is 296 g/mol. The standard InChI is InChI=1S/C13H18N2O5S/c1-14(12-5-3-11(4-6-12)13(16)17)21(18,19)15-7-2-9-20-10-8-15/h3-6H,2,7-10H2,1H3,(H,16,17). The molecule has 7 nitrogen and oxygen atoms in total. The van der Waals surface area contributed by atoms with Crippen LogP contribution in [0.3, 0.4) is 0 Å². The normalized spacial score (nSPS) is 17.2. The third-order valence-electron chi connectivity index (χ3n) is 3.33. The topological polar surface area (TPSA) is 87.2 Å². The van der Waals surface area contributed by atoms with Crippen LogP contribution in [0.4, 0.5) is 5.69 Å². The molecule has 1 heterocycles. The Morgan fingerprint density at radius 2 is 1.90 bits per heavy atom. The van der Waals surface area contributed by atoms with Crippen molar-refractivity contribution in [2.45, 2.75) is 6.42 Å². The van der Waals surface area contributed by atoms with Crippen LogP contribution in [0.25, 0.3) is 0 Å². The van der Waals surface area contributed by atoms with Gasteiger partial charge in [0.2, 0.25) is 0 Å². The molecule has 1 aliphatic rings. The van der Waals surface area contributed by atoms with Crippen LogP contribution in [-0.2, 0) is 14.9 Å². The number of nitrogens with zero attached hydrogens (tertiary/aromatic N) is 2. The van der Waals surface area contributed by atoms with Gasteiger partial charge in [-0.05, 0) is 30.7 Å². The van der Waals surface area contributed by atoms with Crippen molar-refractivity contribution in [1.82, 2.24) is 4.31 Å². The largest absolute Gasteiger partial charge is 0.478 e. The van der Waals surface area contributed by atoms with Crippen LogP contribution in [-0.4, -0.2) is 57.1 Å². The average molecular weight is 314 g/mol. The summed E-state index contributed by atoms with van der Waals surface area (Å²) in [7, 11) is -2.18. The fourth-order valence-electron chi connectivity index (χ4n) is 2.07. The lowest BCUT2D eigenvalue weighted by Gasteiger charge is -2.27. The van der Waals surface area contributed by atoms with Crippen molar-refractivity contribution in [3.8, 4) is 0 Å². The Balaban J connectivity index is 2.20. The minimum atomic E-state index is -3.63. The summed E-state index contributed by atoms with van der Waals surface area (Å²) >= 11 is 0. The molecular formula is C13H18N2O5S. The predicted molar refractivity (Wildman–Crippen MR) is 77.7 cm³/mol. The van der Waals surface area contributed by atoms with Gasteiger partial charge in [-0.1, -0.05) is 0 Å². The molecule has 1 N–H and O–H groups in total. The summed E-state index contributed by atoms with van der Waals surface area (Å²) in [5, 5.41) is 8.86. The van der Waals surface area contributed by atoms with E-state index in [1.165, 1.54) is 35.6 Å². The van der Waals surface area contributed by atoms with E-state index in [4.69, 9.17) is 9.84 Å². The van der Waals surface area contributed by atoms with E-state index in [2.05, 4.69) is 0 Å². The lowest BCUT2D eigenvalue weighted by Crippen LogP contribution is -2.43. The minimum Gasteiger partial charge on any atom is -0.478 e. The van der Waals surface area contributed by atoms with Gasteiger partial charge in [0, 0.05) is 26.7 Å². The Labute approximate surface area is 123 Å². The van der Waals surface area contributed by atoms with Gasteiger partial charge in [-0.2, -0.15) is 12.7 Å². The predicted octanol–water partition coefficient (Wildman–Crippen LogP) is 0.788. The van der Waals surface area contributed by atoms with Gasteiger partial charge < -0.3 is 9.84 Å². The SMILES string of the molecule is CN(c1ccc(C(=O)O)cc1)S(=O)(=O)N1CCCOCC1. The van der Waals surface area contributed by atoms with Gasteiger partial charge in [0.25, 0.3) is 0 Å². The van der Waals surface area contributed by atoms with Gasteiger partial charge in [-0.3, -0.25) is 4.31 Å². The fourth-order valence-corrected chi connectivity index (χ4v) is 3.47. The Kier molecular flexibility index (Phi) is 4.81. The molecule has 1 aromatic rings. The first-order chi connectivity index (χ1) is 9.93. The van der Waals surface area contributed by atoms with E-state index < -0.39 is 16.2 Å². The Hall–Kier alpha value is -1.64. The third kappa shape index (κ3) is 3.52. The highest BCUT2D eigenvalue weighted by atomic mass is 32.2. The van der Waals surface area contributed by atoms with Gasteiger partial charge >= 0.3 is 16.2 Å². The molecule has 0 saturated carbocycles. The summed E-state index contributed by atoms with van der Waals surface area (Å²) in [5.74, 6) is -1.04. The van der Waals surface area contributed by atoms with Crippen LogP contribution >= 0.6 is 0 Å². The number of hydrogen-bond acceptors (Lipinski definition) is 4. The molecule has 0 aromatic heterocycles. The highest BCUT2D eigenvalue weighted by Gasteiger charge is 2.28. The first-order valence-corrected chi connectivity index (χ1v) is 7.98. The van der Waals surface area contributed by atoms with Crippen LogP contribution in [0.1, 0.15) is 16.8 Å². The van der Waals surface area contributed by atoms with E-state index in [0.29, 0.717) is 38.4 Å². The molecule has 0 bridgehead atoms. The van der Waals surface area contributed by atoms with E-state index in [1.54, 1.807) is 0 Å². The van der Waals surface area contributed by atoms with Gasteiger partial charge in [0.15, 0.2) is 0 Å². The van der Waals surface area contributed by atoms with Gasteiger partial charge in [-0.15, -0.1) is 0 Å². The highest BCUT2D eigenvalue weighted by molar-refractivity contribution is 7.90. The number of carboxylic acid groups (broad SMARTS) is 1. The smallest absolute Gasteiger partial charge is 0.335 e. The quantitative estimate of drug-likeness (QED) is 0.888. The van der Waals surface area contributed by atoms with Crippen molar-refractivity contribution in [3.63, 3.8) is 0 Å². The highest BCUT2D eigenvalue weighted by Crippen LogP contribution is 2.20. The molecule has 1 fully saturated rings. The van der Waals surface area contributed by atoms with E-state index in [1.807, 2.05) is 0 Å². The molecule has 116 valence electrons. The number of anilines is 1. The number of hydrogen-bond donors (Lipinski definition) is 1. The maximum atomic E-state index is 12.5. The van der Waals surface area contributed by atoms with Crippen molar-refractivity contribution < 1.29 is 23.1 Å². The molecule has 1 saturated heterocycles. The lowest BCUT2D eigenvalue weighted by molar-refractivity contribution is 0.0697. The monoisotopic (exact) mass is 314 g/mol. The maximum Gasteiger partial charge on any atom is 0.335 e. The van der Waals surface area contributed by atoms with Crippen molar-refractivity contribution in [1.29, 1.82) is 0 Å². The van der Waals surface area contributed by atoms with Crippen LogP contribution < -0.4 is 4.31 Å². The second kappa shape index (κ2) is 6.42. The Morgan fingerprint density at radius 3 is 2.52 bits per heavy atom. The molecule has 8 heteroatoms. The molecule has 1 aromatic carbocycles. The molecule has 0 amide bonds. The zero-order valence-electron chi connectivity index (χ0n) is 11.7. The average Bonchev–Trinajstić information content (AvgIpc) is 2.76. The first-order valence-electron chi connectivity index (χ1n) is 6.58. The van der Waals surface area contributed by atoms with Crippen molar-refractivity contribution in [2.24, 2.45) is 0 Å². The molecule has 0 spiro atoms. The summed E-state index contributed by atoms with van der Waals surface area (Å²) in [6.45, 7) is 1.67. The number of ether oxygens (including phenoxy) is 1. The van der Waals surface area contributed by atoms with Crippen molar-refractivity contribution in [2.75, 3.05) is 37.7 Å². The molecule has 2 rings (SSSR count). The summed E-state index contributed by atoms with van der Waals surface area (Å²) < 4.78 is 32.9. The van der Waals surface area contributed by atoms with E-state index >= 15 is 0 Å². The number of rotatable bonds is 4. The summed E-state index contributed by atoms with van der Waals surface area (Å²) in [4.78, 5) is 10.8. The first kappa shape index (κ1) is 15.7. The fraction of sp³-hybridized carbons (Fsp3) is 0.462. The van der Waals surface area contributed by atoms with Crippen LogP contribution in [0, 0.1) is 0 Å². The van der Waals surface area contributed by atoms with E-state index in [0.717, 1.165) is 4.31 Å². The molecule has 0 unspecified atom stereocenters. The summed E-state index contributed by atoms with van der Waals surface area (Å²) in [6, 6.07) is 5.73. The summed E-state index contributed by atoms with van der Waals surface area (Å²) in [6.07, 6.45) is 0.658. The summed E-state index contributed by atoms with van der Waals surface area (Å²) in [5.41, 5.74) is 0.540. The van der Waals surface area contributed by atoms with Gasteiger partial charge in [0.05, 0.1) is 17.9 Å². The van der Waals surface area contributed by atoms with Crippen molar-refractivity contribution >= 4 is 21.9 Å². The van der Waals surface area contributed by atoms with Crippen LogP contribution in [0.2, 0.25) is 0 Å². The zero-order valence-corrected chi connectivity index (χ0v) is 12.5. The molecule has 1 aliphatic heterocycles. The Bertz CT molecular complexity index is 591. The molecule has 0 atom stereocenters. The van der Waals surface area contributed by atoms with Crippen LogP contribution in [0.5, 0.6) is 0 Å². The number of carbonyl (C=O) groups is 1. The third-order valence-corrected chi connectivity index (χ3v) is 5.25. The zero-order chi connectivity index (χ0) is 15.5. The van der Waals surface area contributed by atoms with E-state index in [9.17, 15) is 13.2 Å². The van der Waals surface area contributed by atoms with Gasteiger partial charge in [0.1, 0.15) is 0 Å². The Morgan fingerprint density at radius 1 is 1.24 bits per heavy atom. The second-order valence-corrected chi connectivity index (χ2v) is 6.65. The van der Waals surface area contributed by atoms with Crippen LogP contribution in [0.15, 0.2) is 24.3 Å². The second-order valence-electron chi connectivity index (χ2n) is 4.69. The molecule has 21 heavy (non-hydrogen) atoms. The number of benzene rings is 1.